The highest BCUT2D eigenvalue weighted by Crippen LogP contribution is 2.75. The predicted octanol–water partition coefficient (Wildman–Crippen LogP) is 30.5. The van der Waals surface area contributed by atoms with Crippen LogP contribution in [0.25, 0.3) is 132 Å². The van der Waals surface area contributed by atoms with Gasteiger partial charge in [-0.2, -0.15) is 105 Å². The molecule has 572 valence electrons. The monoisotopic (exact) mass is 1590 g/mol. The molecular weight excluding hydrogens is 1540 g/mol. The quantitative estimate of drug-likeness (QED) is 0.115. The summed E-state index contributed by atoms with van der Waals surface area (Å²) in [5.74, 6) is 0. The van der Waals surface area contributed by atoms with Gasteiger partial charge < -0.3 is 0 Å². The molecule has 0 radical (unpaired) electrons. The Hall–Kier alpha value is -11.1. The van der Waals surface area contributed by atoms with E-state index in [-0.39, 0.29) is 71.2 Å². The van der Waals surface area contributed by atoms with Crippen molar-refractivity contribution in [2.24, 2.45) is 0 Å². The van der Waals surface area contributed by atoms with Crippen LogP contribution >= 0.6 is 7.26 Å². The van der Waals surface area contributed by atoms with Gasteiger partial charge in [0.15, 0.2) is 0 Å². The molecule has 113 heavy (non-hydrogen) atoms. The van der Waals surface area contributed by atoms with Crippen molar-refractivity contribution in [1.29, 1.82) is 0 Å². The average Bonchev–Trinajstić information content (AvgIpc) is 1.59. The summed E-state index contributed by atoms with van der Waals surface area (Å²) >= 11 is 0. The number of rotatable bonds is 6. The van der Waals surface area contributed by atoms with Gasteiger partial charge in [0.05, 0.1) is 69.2 Å². The van der Waals surface area contributed by atoms with Crippen LogP contribution < -0.4 is 0 Å². The fourth-order valence-electron chi connectivity index (χ4n) is 16.1. The molecule has 14 aromatic carbocycles. The molecule has 0 atom stereocenters. The first-order valence-electron chi connectivity index (χ1n) is 34.4. The number of fused-ring (bicyclic) bond motifs is 14. The Balaban J connectivity index is 1.08. The topological polar surface area (TPSA) is 0 Å². The van der Waals surface area contributed by atoms with E-state index >= 15 is 105 Å². The van der Waals surface area contributed by atoms with Gasteiger partial charge in [0.2, 0.25) is 0 Å². The fraction of sp³-hybridized carbons (Fsp3) is 0.136. The Kier molecular flexibility index (Phi) is 17.8. The van der Waals surface area contributed by atoms with Crippen LogP contribution in [0.2, 0.25) is 0 Å². The van der Waals surface area contributed by atoms with Gasteiger partial charge in [-0.1, -0.05) is 121 Å². The van der Waals surface area contributed by atoms with Crippen LogP contribution in [0.4, 0.5) is 105 Å². The van der Waals surface area contributed by atoms with Gasteiger partial charge >= 0.3 is 49.4 Å². The van der Waals surface area contributed by atoms with Crippen molar-refractivity contribution < 1.29 is 105 Å². The first-order valence-corrected chi connectivity index (χ1v) is 36.9. The maximum Gasteiger partial charge on any atom is 0.416 e. The summed E-state index contributed by atoms with van der Waals surface area (Å²) in [6.07, 6.45) is -43.9. The summed E-state index contributed by atoms with van der Waals surface area (Å²) in [6, 6.07) is 47.3. The molecule has 2 aliphatic rings. The van der Waals surface area contributed by atoms with E-state index in [1.807, 2.05) is 72.8 Å². The van der Waals surface area contributed by atoms with Crippen molar-refractivity contribution in [1.82, 2.24) is 0 Å². The molecule has 0 saturated carbocycles. The van der Waals surface area contributed by atoms with E-state index in [2.05, 4.69) is 0 Å². The van der Waals surface area contributed by atoms with Crippen LogP contribution in [0.1, 0.15) is 66.8 Å². The Morgan fingerprint density at radius 3 is 0.646 bits per heavy atom. The SMILES string of the molecule is FC(F)(F)c1cc(-c2cc(-c3cc(C(F)(F)F)cc(C(F)(F)F)c3)cc(-c3cc4ccccc4c4c3C[P+]3(Cc5ccc6ccccc6c5-c5c(ccc6ccccc56)C3)Cc3c(-c5cc(-c6cc(C(F)(F)F)cc(C(F)(F)F)c6)cc(-c6cc(C(F)(F)F)cc(C(F)(F)F)c6)c5)cc5ccccc5c3-4)c2)cc(C(F)(F)F)c1. The van der Waals surface area contributed by atoms with Gasteiger partial charge in [-0.05, 0) is 265 Å². The lowest BCUT2D eigenvalue weighted by Gasteiger charge is -2.28. The minimum atomic E-state index is -5.50. The molecule has 0 aliphatic carbocycles. The molecular formula is C88H48F24P+. The summed E-state index contributed by atoms with van der Waals surface area (Å²) in [5.41, 5.74) is -16.3. The Morgan fingerprint density at radius 2 is 0.398 bits per heavy atom. The Labute approximate surface area is 625 Å². The predicted molar refractivity (Wildman–Crippen MR) is 388 cm³/mol. The average molecular weight is 1590 g/mol. The molecule has 14 aromatic rings. The van der Waals surface area contributed by atoms with Crippen molar-refractivity contribution >= 4 is 50.4 Å². The number of benzene rings is 14. The van der Waals surface area contributed by atoms with E-state index in [0.717, 1.165) is 80.2 Å². The van der Waals surface area contributed by atoms with Gasteiger partial charge in [0.25, 0.3) is 0 Å². The standard InChI is InChI=1S/C88H48F24P/c89-81(90,91)61-27-55(28-62(37-61)82(92,93)94)51-21-52(56-29-63(83(95,96)97)38-64(30-56)84(98,99)100)24-59(23-51)73-35-47-11-3-7-15-71(47)79-75(73)43-113(41-49-19-17-45-9-1-5-13-69(45)77(49)78-50(42-113)20-18-46-10-2-6-14-70(46)78)44-76-74(36-48-12-4-8-16-72(48)80(76)79)60-25-53(57-31-65(85(101,102)103)39-66(32-57)86(104,105)106)22-54(26-60)58-33-67(87(107,108)109)40-68(34-58)88(110,111)112/h1-40H,41-44H2/q+1. The van der Waals surface area contributed by atoms with Crippen molar-refractivity contribution in [3.05, 3.63) is 309 Å². The highest BCUT2D eigenvalue weighted by Gasteiger charge is 2.49. The normalized spacial score (nSPS) is 14.3. The van der Waals surface area contributed by atoms with Crippen LogP contribution in [0.15, 0.2) is 243 Å². The number of hydrogen-bond acceptors (Lipinski definition) is 0. The lowest BCUT2D eigenvalue weighted by Crippen LogP contribution is -2.11. The van der Waals surface area contributed by atoms with Crippen molar-refractivity contribution in [2.45, 2.75) is 74.1 Å². The molecule has 16 rings (SSSR count). The Morgan fingerprint density at radius 1 is 0.186 bits per heavy atom. The van der Waals surface area contributed by atoms with Crippen molar-refractivity contribution in [3.8, 4) is 89.0 Å². The minimum absolute atomic E-state index is 0.0766. The van der Waals surface area contributed by atoms with Crippen molar-refractivity contribution in [2.75, 3.05) is 0 Å². The summed E-state index contributed by atoms with van der Waals surface area (Å²) in [7, 11) is -3.39. The molecule has 25 heteroatoms. The van der Waals surface area contributed by atoms with E-state index in [1.165, 1.54) is 0 Å². The second-order valence-electron chi connectivity index (χ2n) is 28.4. The molecule has 0 N–H and O–H groups in total. The van der Waals surface area contributed by atoms with Crippen molar-refractivity contribution in [3.63, 3.8) is 0 Å². The first kappa shape index (κ1) is 75.9. The molecule has 0 unspecified atom stereocenters. The molecule has 0 saturated heterocycles. The number of hydrogen-bond donors (Lipinski definition) is 0. The number of alkyl halides is 24. The van der Waals surface area contributed by atoms with Crippen LogP contribution in [0.3, 0.4) is 0 Å². The molecule has 0 amide bonds. The Bertz CT molecular complexity index is 5560. The lowest BCUT2D eigenvalue weighted by molar-refractivity contribution is -0.144. The van der Waals surface area contributed by atoms with Crippen LogP contribution in [-0.4, -0.2) is 0 Å². The molecule has 0 fully saturated rings. The summed E-state index contributed by atoms with van der Waals surface area (Å²) in [6.45, 7) is 0. The third kappa shape index (κ3) is 14.3. The molecule has 2 aliphatic heterocycles. The maximum absolute atomic E-state index is 15.0. The minimum Gasteiger partial charge on any atom is -0.166 e. The molecule has 2 heterocycles. The summed E-state index contributed by atoms with van der Waals surface area (Å²) < 4.78 is 361. The highest BCUT2D eigenvalue weighted by molar-refractivity contribution is 7.73. The second kappa shape index (κ2) is 26.5. The maximum atomic E-state index is 15.0. The van der Waals surface area contributed by atoms with Crippen LogP contribution in [0, 0.1) is 0 Å². The summed E-state index contributed by atoms with van der Waals surface area (Å²) in [4.78, 5) is 0. The molecule has 0 nitrogen and oxygen atoms in total. The lowest BCUT2D eigenvalue weighted by atomic mass is 9.81. The second-order valence-corrected chi connectivity index (χ2v) is 32.3. The zero-order chi connectivity index (χ0) is 80.4. The third-order valence-corrected chi connectivity index (χ3v) is 25.0. The van der Waals surface area contributed by atoms with Gasteiger partial charge in [-0.15, -0.1) is 0 Å². The van der Waals surface area contributed by atoms with Gasteiger partial charge in [0.1, 0.15) is 0 Å². The molecule has 0 aromatic heterocycles. The van der Waals surface area contributed by atoms with Gasteiger partial charge in [-0.3, -0.25) is 0 Å². The number of halogens is 24. The fourth-order valence-corrected chi connectivity index (χ4v) is 20.8. The van der Waals surface area contributed by atoms with E-state index in [4.69, 9.17) is 0 Å². The van der Waals surface area contributed by atoms with Gasteiger partial charge in [0, 0.05) is 18.4 Å². The molecule has 1 spiro atoms. The highest BCUT2D eigenvalue weighted by atomic mass is 31.2. The van der Waals surface area contributed by atoms with Crippen LogP contribution in [0.5, 0.6) is 0 Å². The molecule has 0 bridgehead atoms. The third-order valence-electron chi connectivity index (χ3n) is 21.0. The van der Waals surface area contributed by atoms with Crippen LogP contribution in [-0.2, 0) is 74.1 Å². The zero-order valence-corrected chi connectivity index (χ0v) is 58.3. The smallest absolute Gasteiger partial charge is 0.166 e. The van der Waals surface area contributed by atoms with E-state index < -0.39 is 146 Å². The first-order chi connectivity index (χ1) is 52.9. The van der Waals surface area contributed by atoms with E-state index in [0.29, 0.717) is 92.3 Å². The largest absolute Gasteiger partial charge is 0.416 e. The summed E-state index contributed by atoms with van der Waals surface area (Å²) in [5, 5.41) is 4.53. The van der Waals surface area contributed by atoms with E-state index in [1.54, 1.807) is 60.7 Å². The van der Waals surface area contributed by atoms with E-state index in [9.17, 15) is 0 Å². The zero-order valence-electron chi connectivity index (χ0n) is 57.4. The van der Waals surface area contributed by atoms with Gasteiger partial charge in [-0.25, -0.2) is 0 Å².